The summed E-state index contributed by atoms with van der Waals surface area (Å²) >= 11 is 0. The fraction of sp³-hybridized carbons (Fsp3) is 0.167. The Bertz CT molecular complexity index is 893. The molecule has 30 heavy (non-hydrogen) atoms. The number of carbonyl (C=O) groups excluding carboxylic acids is 2. The van der Waals surface area contributed by atoms with Gasteiger partial charge in [0, 0.05) is 12.8 Å². The minimum Gasteiger partial charge on any atom is -0.508 e. The summed E-state index contributed by atoms with van der Waals surface area (Å²) in [5.41, 5.74) is 1.99. The largest absolute Gasteiger partial charge is 0.508 e. The molecule has 6 nitrogen and oxygen atoms in total. The average molecular weight is 406 g/mol. The number of aryl methyl sites for hydroxylation is 2. The highest BCUT2D eigenvalue weighted by Gasteiger charge is 2.08. The molecule has 2 N–H and O–H groups in total. The zero-order chi connectivity index (χ0) is 21.3. The summed E-state index contributed by atoms with van der Waals surface area (Å²) in [7, 11) is 0. The van der Waals surface area contributed by atoms with E-state index >= 15 is 0 Å². The molecule has 0 heterocycles. The van der Waals surface area contributed by atoms with Crippen molar-refractivity contribution in [2.75, 3.05) is 0 Å². The SMILES string of the molecule is O=C(CCc1ccc(CCC(=O)Oc2ccc(O)cc2)cc1)Oc1ccc(O)cc1. The standard InChI is InChI=1S/C24H22O6/c25-19-7-11-21(12-8-19)29-23(27)15-5-17-1-2-18(4-3-17)6-16-24(28)30-22-13-9-20(26)10-14-22/h1-4,7-14,25-26H,5-6,15-16H2. The predicted molar refractivity (Wildman–Crippen MR) is 111 cm³/mol. The van der Waals surface area contributed by atoms with Crippen LogP contribution in [0.2, 0.25) is 0 Å². The van der Waals surface area contributed by atoms with Crippen LogP contribution in [0, 0.1) is 0 Å². The van der Waals surface area contributed by atoms with Gasteiger partial charge in [0.2, 0.25) is 0 Å². The molecule has 0 bridgehead atoms. The van der Waals surface area contributed by atoms with E-state index in [-0.39, 0.29) is 36.3 Å². The highest BCUT2D eigenvalue weighted by molar-refractivity contribution is 5.73. The van der Waals surface area contributed by atoms with Crippen molar-refractivity contribution < 1.29 is 29.3 Å². The number of esters is 2. The third-order valence-corrected chi connectivity index (χ3v) is 4.40. The van der Waals surface area contributed by atoms with E-state index in [0.29, 0.717) is 24.3 Å². The van der Waals surface area contributed by atoms with Gasteiger partial charge in [-0.3, -0.25) is 9.59 Å². The maximum absolute atomic E-state index is 11.9. The zero-order valence-corrected chi connectivity index (χ0v) is 16.3. The van der Waals surface area contributed by atoms with Crippen LogP contribution in [0.3, 0.4) is 0 Å². The first-order chi connectivity index (χ1) is 14.5. The molecule has 0 aliphatic heterocycles. The van der Waals surface area contributed by atoms with Crippen molar-refractivity contribution in [3.63, 3.8) is 0 Å². The van der Waals surface area contributed by atoms with Crippen molar-refractivity contribution in [2.24, 2.45) is 0 Å². The van der Waals surface area contributed by atoms with Gasteiger partial charge in [-0.2, -0.15) is 0 Å². The second-order valence-corrected chi connectivity index (χ2v) is 6.75. The molecular formula is C24H22O6. The van der Waals surface area contributed by atoms with E-state index in [1.165, 1.54) is 48.5 Å². The van der Waals surface area contributed by atoms with Crippen molar-refractivity contribution >= 4 is 11.9 Å². The topological polar surface area (TPSA) is 93.1 Å². The quantitative estimate of drug-likeness (QED) is 0.431. The lowest BCUT2D eigenvalue weighted by molar-refractivity contribution is -0.135. The highest BCUT2D eigenvalue weighted by Crippen LogP contribution is 2.18. The summed E-state index contributed by atoms with van der Waals surface area (Å²) in [6, 6.07) is 19.7. The molecule has 0 fully saturated rings. The van der Waals surface area contributed by atoms with Gasteiger partial charge in [0.05, 0.1) is 0 Å². The van der Waals surface area contributed by atoms with Gasteiger partial charge in [0.1, 0.15) is 23.0 Å². The maximum Gasteiger partial charge on any atom is 0.311 e. The van der Waals surface area contributed by atoms with Gasteiger partial charge in [-0.05, 0) is 72.5 Å². The summed E-state index contributed by atoms with van der Waals surface area (Å²) in [5.74, 6) is 0.329. The Morgan fingerprint density at radius 2 is 0.900 bits per heavy atom. The second-order valence-electron chi connectivity index (χ2n) is 6.75. The van der Waals surface area contributed by atoms with Gasteiger partial charge >= 0.3 is 11.9 Å². The first kappa shape index (κ1) is 20.9. The number of rotatable bonds is 8. The van der Waals surface area contributed by atoms with Gasteiger partial charge in [0.25, 0.3) is 0 Å². The summed E-state index contributed by atoms with van der Waals surface area (Å²) in [5, 5.41) is 18.5. The molecule has 3 aromatic carbocycles. The summed E-state index contributed by atoms with van der Waals surface area (Å²) in [6.07, 6.45) is 1.55. The second kappa shape index (κ2) is 10.1. The molecule has 0 atom stereocenters. The van der Waals surface area contributed by atoms with E-state index in [2.05, 4.69) is 0 Å². The van der Waals surface area contributed by atoms with E-state index in [9.17, 15) is 19.8 Å². The molecule has 0 amide bonds. The molecule has 0 saturated carbocycles. The lowest BCUT2D eigenvalue weighted by atomic mass is 10.0. The normalized spacial score (nSPS) is 10.4. The fourth-order valence-corrected chi connectivity index (χ4v) is 2.76. The molecule has 0 aromatic heterocycles. The van der Waals surface area contributed by atoms with E-state index < -0.39 is 0 Å². The van der Waals surface area contributed by atoms with Crippen LogP contribution in [-0.4, -0.2) is 22.2 Å². The van der Waals surface area contributed by atoms with E-state index in [1.807, 2.05) is 24.3 Å². The van der Waals surface area contributed by atoms with Gasteiger partial charge in [-0.15, -0.1) is 0 Å². The van der Waals surface area contributed by atoms with Crippen molar-refractivity contribution in [2.45, 2.75) is 25.7 Å². The lowest BCUT2D eigenvalue weighted by Crippen LogP contribution is -2.09. The molecule has 154 valence electrons. The van der Waals surface area contributed by atoms with Crippen LogP contribution in [0.1, 0.15) is 24.0 Å². The van der Waals surface area contributed by atoms with Crippen LogP contribution in [-0.2, 0) is 22.4 Å². The minimum absolute atomic E-state index is 0.114. The van der Waals surface area contributed by atoms with Crippen LogP contribution >= 0.6 is 0 Å². The van der Waals surface area contributed by atoms with Gasteiger partial charge < -0.3 is 19.7 Å². The van der Waals surface area contributed by atoms with Gasteiger partial charge in [-0.1, -0.05) is 24.3 Å². The Hall–Kier alpha value is -3.80. The number of ether oxygens (including phenoxy) is 2. The highest BCUT2D eigenvalue weighted by atomic mass is 16.5. The minimum atomic E-state index is -0.346. The van der Waals surface area contributed by atoms with Crippen LogP contribution < -0.4 is 9.47 Å². The van der Waals surface area contributed by atoms with Crippen molar-refractivity contribution in [3.05, 3.63) is 83.9 Å². The molecule has 6 heteroatoms. The molecule has 0 unspecified atom stereocenters. The monoisotopic (exact) mass is 406 g/mol. The average Bonchev–Trinajstić information content (AvgIpc) is 2.75. The number of phenols is 2. The molecule has 0 aliphatic carbocycles. The Morgan fingerprint density at radius 3 is 1.23 bits per heavy atom. The van der Waals surface area contributed by atoms with Crippen molar-refractivity contribution in [1.29, 1.82) is 0 Å². The Morgan fingerprint density at radius 1 is 0.567 bits per heavy atom. The number of carbonyl (C=O) groups is 2. The first-order valence-electron chi connectivity index (χ1n) is 9.55. The molecular weight excluding hydrogens is 384 g/mol. The van der Waals surface area contributed by atoms with Crippen LogP contribution in [0.25, 0.3) is 0 Å². The molecule has 0 radical (unpaired) electrons. The third-order valence-electron chi connectivity index (χ3n) is 4.40. The van der Waals surface area contributed by atoms with Gasteiger partial charge in [0.15, 0.2) is 0 Å². The number of hydrogen-bond donors (Lipinski definition) is 2. The smallest absolute Gasteiger partial charge is 0.311 e. The molecule has 0 saturated heterocycles. The van der Waals surface area contributed by atoms with Gasteiger partial charge in [-0.25, -0.2) is 0 Å². The van der Waals surface area contributed by atoms with E-state index in [0.717, 1.165) is 11.1 Å². The van der Waals surface area contributed by atoms with Crippen LogP contribution in [0.5, 0.6) is 23.0 Å². The number of aromatic hydroxyl groups is 2. The maximum atomic E-state index is 11.9. The Balaban J connectivity index is 1.40. The van der Waals surface area contributed by atoms with E-state index in [4.69, 9.17) is 9.47 Å². The molecule has 3 aromatic rings. The summed E-state index contributed by atoms with van der Waals surface area (Å²) in [4.78, 5) is 23.9. The Labute approximate surface area is 174 Å². The molecule has 3 rings (SSSR count). The zero-order valence-electron chi connectivity index (χ0n) is 16.3. The third kappa shape index (κ3) is 6.67. The lowest BCUT2D eigenvalue weighted by Gasteiger charge is -2.07. The molecule has 0 aliphatic rings. The van der Waals surface area contributed by atoms with Crippen LogP contribution in [0.15, 0.2) is 72.8 Å². The predicted octanol–water partition coefficient (Wildman–Crippen LogP) is 4.17. The van der Waals surface area contributed by atoms with Crippen molar-refractivity contribution in [1.82, 2.24) is 0 Å². The number of benzene rings is 3. The number of phenolic OH excluding ortho intramolecular Hbond substituents is 2. The number of hydrogen-bond acceptors (Lipinski definition) is 6. The fourth-order valence-electron chi connectivity index (χ4n) is 2.76. The van der Waals surface area contributed by atoms with E-state index in [1.54, 1.807) is 0 Å². The summed E-state index contributed by atoms with van der Waals surface area (Å²) < 4.78 is 10.4. The van der Waals surface area contributed by atoms with Crippen molar-refractivity contribution in [3.8, 4) is 23.0 Å². The van der Waals surface area contributed by atoms with Crippen LogP contribution in [0.4, 0.5) is 0 Å². The molecule has 0 spiro atoms. The Kier molecular flexibility index (Phi) is 7.05. The summed E-state index contributed by atoms with van der Waals surface area (Å²) in [6.45, 7) is 0. The first-order valence-corrected chi connectivity index (χ1v) is 9.55.